The van der Waals surface area contributed by atoms with Crippen molar-refractivity contribution in [3.05, 3.63) is 42.2 Å². The van der Waals surface area contributed by atoms with Gasteiger partial charge < -0.3 is 10.4 Å². The fourth-order valence-electron chi connectivity index (χ4n) is 2.03. The Morgan fingerprint density at radius 3 is 2.57 bits per heavy atom. The second kappa shape index (κ2) is 6.94. The zero-order chi connectivity index (χ0) is 15.2. The van der Waals surface area contributed by atoms with Crippen LogP contribution in [0.2, 0.25) is 0 Å². The standard InChI is InChI=1S/C14H19N5O2/c1-10(2)12(8-20)16-14(21)13(19-9-15-17-18-19)11-6-4-3-5-7-11/h3-7,9-10,12-13,20H,8H2,1-2H3,(H,16,21)/t12-,13-/m1/s1. The molecule has 0 aliphatic heterocycles. The van der Waals surface area contributed by atoms with E-state index in [-0.39, 0.29) is 24.5 Å². The second-order valence-electron chi connectivity index (χ2n) is 5.14. The number of amides is 1. The number of nitrogens with one attached hydrogen (secondary N) is 1. The zero-order valence-electron chi connectivity index (χ0n) is 12.0. The number of carbonyl (C=O) groups excluding carboxylic acids is 1. The first-order chi connectivity index (χ1) is 10.1. The number of aliphatic hydroxyl groups is 1. The molecule has 0 radical (unpaired) electrons. The molecular weight excluding hydrogens is 270 g/mol. The van der Waals surface area contributed by atoms with Gasteiger partial charge >= 0.3 is 0 Å². The molecule has 0 spiro atoms. The van der Waals surface area contributed by atoms with Crippen LogP contribution >= 0.6 is 0 Å². The molecule has 1 heterocycles. The quantitative estimate of drug-likeness (QED) is 0.802. The van der Waals surface area contributed by atoms with Gasteiger partial charge in [-0.1, -0.05) is 44.2 Å². The lowest BCUT2D eigenvalue weighted by atomic mass is 10.0. The van der Waals surface area contributed by atoms with E-state index in [4.69, 9.17) is 0 Å². The van der Waals surface area contributed by atoms with E-state index in [0.29, 0.717) is 0 Å². The van der Waals surface area contributed by atoms with Crippen LogP contribution in [0.4, 0.5) is 0 Å². The van der Waals surface area contributed by atoms with Crippen LogP contribution in [-0.2, 0) is 4.79 Å². The summed E-state index contributed by atoms with van der Waals surface area (Å²) in [6, 6.07) is 8.31. The molecule has 0 bridgehead atoms. The minimum atomic E-state index is -0.658. The van der Waals surface area contributed by atoms with E-state index in [2.05, 4.69) is 20.8 Å². The first-order valence-corrected chi connectivity index (χ1v) is 6.82. The van der Waals surface area contributed by atoms with Crippen molar-refractivity contribution in [3.8, 4) is 0 Å². The minimum Gasteiger partial charge on any atom is -0.394 e. The molecule has 2 aromatic rings. The summed E-state index contributed by atoms with van der Waals surface area (Å²) in [5.41, 5.74) is 0.780. The smallest absolute Gasteiger partial charge is 0.249 e. The van der Waals surface area contributed by atoms with Gasteiger partial charge in [0.1, 0.15) is 6.33 Å². The SMILES string of the molecule is CC(C)[C@@H](CO)NC(=O)[C@@H](c1ccccc1)n1cnnn1. The van der Waals surface area contributed by atoms with Crippen LogP contribution in [-0.4, -0.2) is 43.9 Å². The van der Waals surface area contributed by atoms with Gasteiger partial charge in [0, 0.05) is 0 Å². The van der Waals surface area contributed by atoms with Crippen molar-refractivity contribution in [2.45, 2.75) is 25.9 Å². The van der Waals surface area contributed by atoms with E-state index in [9.17, 15) is 9.90 Å². The molecule has 7 nitrogen and oxygen atoms in total. The Morgan fingerprint density at radius 2 is 2.05 bits per heavy atom. The molecule has 0 fully saturated rings. The van der Waals surface area contributed by atoms with Crippen molar-refractivity contribution in [1.29, 1.82) is 0 Å². The highest BCUT2D eigenvalue weighted by Gasteiger charge is 2.26. The van der Waals surface area contributed by atoms with Crippen LogP contribution in [0.15, 0.2) is 36.7 Å². The van der Waals surface area contributed by atoms with Crippen molar-refractivity contribution < 1.29 is 9.90 Å². The van der Waals surface area contributed by atoms with Crippen LogP contribution in [0.1, 0.15) is 25.5 Å². The molecule has 7 heteroatoms. The number of rotatable bonds is 6. The fraction of sp³-hybridized carbons (Fsp3) is 0.429. The van der Waals surface area contributed by atoms with Crippen LogP contribution in [0.25, 0.3) is 0 Å². The molecule has 0 aliphatic rings. The Labute approximate surface area is 123 Å². The lowest BCUT2D eigenvalue weighted by Crippen LogP contribution is -2.44. The number of benzene rings is 1. The van der Waals surface area contributed by atoms with Gasteiger partial charge in [0.05, 0.1) is 12.6 Å². The van der Waals surface area contributed by atoms with Crippen LogP contribution in [0.3, 0.4) is 0 Å². The number of hydrogen-bond donors (Lipinski definition) is 2. The fourth-order valence-corrected chi connectivity index (χ4v) is 2.03. The number of tetrazole rings is 1. The molecule has 112 valence electrons. The predicted molar refractivity (Wildman–Crippen MR) is 76.3 cm³/mol. The first kappa shape index (κ1) is 15.1. The zero-order valence-corrected chi connectivity index (χ0v) is 12.0. The summed E-state index contributed by atoms with van der Waals surface area (Å²) in [6.45, 7) is 3.77. The highest BCUT2D eigenvalue weighted by Crippen LogP contribution is 2.17. The molecule has 0 saturated heterocycles. The molecule has 1 aromatic carbocycles. The van der Waals surface area contributed by atoms with E-state index >= 15 is 0 Å². The summed E-state index contributed by atoms with van der Waals surface area (Å²) in [5, 5.41) is 23.2. The number of aromatic nitrogens is 4. The summed E-state index contributed by atoms with van der Waals surface area (Å²) < 4.78 is 1.40. The average Bonchev–Trinajstić information content (AvgIpc) is 2.99. The van der Waals surface area contributed by atoms with Crippen molar-refractivity contribution in [2.24, 2.45) is 5.92 Å². The summed E-state index contributed by atoms with van der Waals surface area (Å²) >= 11 is 0. The molecule has 21 heavy (non-hydrogen) atoms. The van der Waals surface area contributed by atoms with Gasteiger partial charge in [0.15, 0.2) is 6.04 Å². The molecule has 2 rings (SSSR count). The molecule has 1 amide bonds. The topological polar surface area (TPSA) is 92.9 Å². The third-order valence-corrected chi connectivity index (χ3v) is 3.32. The number of nitrogens with zero attached hydrogens (tertiary/aromatic N) is 4. The van der Waals surface area contributed by atoms with E-state index in [1.54, 1.807) is 0 Å². The number of carbonyl (C=O) groups is 1. The lowest BCUT2D eigenvalue weighted by Gasteiger charge is -2.23. The predicted octanol–water partition coefficient (Wildman–Crippen LogP) is 0.396. The second-order valence-corrected chi connectivity index (χ2v) is 5.14. The Hall–Kier alpha value is -2.28. The number of hydrogen-bond acceptors (Lipinski definition) is 5. The highest BCUT2D eigenvalue weighted by atomic mass is 16.3. The van der Waals surface area contributed by atoms with E-state index < -0.39 is 6.04 Å². The van der Waals surface area contributed by atoms with Gasteiger partial charge in [-0.25, -0.2) is 4.68 Å². The summed E-state index contributed by atoms with van der Waals surface area (Å²) in [7, 11) is 0. The van der Waals surface area contributed by atoms with Gasteiger partial charge in [0.2, 0.25) is 5.91 Å². The van der Waals surface area contributed by atoms with Crippen molar-refractivity contribution in [3.63, 3.8) is 0 Å². The van der Waals surface area contributed by atoms with Gasteiger partial charge in [-0.15, -0.1) is 5.10 Å². The number of aliphatic hydroxyl groups excluding tert-OH is 1. The molecule has 0 aliphatic carbocycles. The highest BCUT2D eigenvalue weighted by molar-refractivity contribution is 5.83. The van der Waals surface area contributed by atoms with Crippen molar-refractivity contribution in [2.75, 3.05) is 6.61 Å². The minimum absolute atomic E-state index is 0.111. The Morgan fingerprint density at radius 1 is 1.33 bits per heavy atom. The monoisotopic (exact) mass is 289 g/mol. The Balaban J connectivity index is 2.26. The summed E-state index contributed by atoms with van der Waals surface area (Å²) in [5.74, 6) is -0.120. The van der Waals surface area contributed by atoms with Gasteiger partial charge in [-0.3, -0.25) is 4.79 Å². The van der Waals surface area contributed by atoms with Crippen LogP contribution in [0.5, 0.6) is 0 Å². The summed E-state index contributed by atoms with van der Waals surface area (Å²) in [6.07, 6.45) is 1.40. The van der Waals surface area contributed by atoms with Crippen LogP contribution in [0, 0.1) is 5.92 Å². The van der Waals surface area contributed by atoms with E-state index in [1.807, 2.05) is 44.2 Å². The molecule has 0 unspecified atom stereocenters. The maximum Gasteiger partial charge on any atom is 0.249 e. The van der Waals surface area contributed by atoms with Gasteiger partial charge in [-0.2, -0.15) is 0 Å². The lowest BCUT2D eigenvalue weighted by molar-refractivity contribution is -0.124. The Bertz CT molecular complexity index is 556. The molecule has 1 aromatic heterocycles. The van der Waals surface area contributed by atoms with Crippen molar-refractivity contribution >= 4 is 5.91 Å². The maximum atomic E-state index is 12.6. The van der Waals surface area contributed by atoms with E-state index in [0.717, 1.165) is 5.56 Å². The third kappa shape index (κ3) is 3.63. The van der Waals surface area contributed by atoms with Gasteiger partial charge in [0.25, 0.3) is 0 Å². The van der Waals surface area contributed by atoms with Gasteiger partial charge in [-0.05, 0) is 21.9 Å². The molecule has 2 N–H and O–H groups in total. The first-order valence-electron chi connectivity index (χ1n) is 6.82. The Kier molecular flexibility index (Phi) is 4.99. The molecular formula is C14H19N5O2. The molecule has 0 saturated carbocycles. The van der Waals surface area contributed by atoms with E-state index in [1.165, 1.54) is 11.0 Å². The van der Waals surface area contributed by atoms with Crippen LogP contribution < -0.4 is 5.32 Å². The summed E-state index contributed by atoms with van der Waals surface area (Å²) in [4.78, 5) is 12.6. The third-order valence-electron chi connectivity index (χ3n) is 3.32. The maximum absolute atomic E-state index is 12.6. The normalized spacial score (nSPS) is 13.9. The average molecular weight is 289 g/mol. The largest absolute Gasteiger partial charge is 0.394 e. The van der Waals surface area contributed by atoms with Crippen molar-refractivity contribution in [1.82, 2.24) is 25.5 Å². The molecule has 2 atom stereocenters.